The van der Waals surface area contributed by atoms with Crippen LogP contribution in [0.2, 0.25) is 0 Å². The highest BCUT2D eigenvalue weighted by Gasteiger charge is 2.24. The smallest absolute Gasteiger partial charge is 0.304 e. The van der Waals surface area contributed by atoms with Gasteiger partial charge in [0.1, 0.15) is 11.4 Å². The lowest BCUT2D eigenvalue weighted by Crippen LogP contribution is -2.22. The number of nitrogens with one attached hydrogen (secondary N) is 1. The van der Waals surface area contributed by atoms with Crippen molar-refractivity contribution in [3.63, 3.8) is 0 Å². The van der Waals surface area contributed by atoms with Crippen molar-refractivity contribution in [2.45, 2.75) is 20.8 Å². The number of amides is 1. The molecule has 2 aromatic rings. The molecule has 0 spiro atoms. The van der Waals surface area contributed by atoms with Crippen LogP contribution < -0.4 is 15.0 Å². The minimum absolute atomic E-state index is 0.0231. The van der Waals surface area contributed by atoms with Crippen LogP contribution in [-0.2, 0) is 4.79 Å². The van der Waals surface area contributed by atoms with Crippen LogP contribution in [0.15, 0.2) is 39.0 Å². The fourth-order valence-electron chi connectivity index (χ4n) is 2.92. The van der Waals surface area contributed by atoms with Crippen molar-refractivity contribution in [3.05, 3.63) is 49.0 Å². The highest BCUT2D eigenvalue weighted by Crippen LogP contribution is 2.42. The topological polar surface area (TPSA) is 153 Å². The number of nitro benzene ring substituents is 2. The number of methoxy groups -OCH3 is 1. The molecule has 1 N–H and O–H groups in total. The third kappa shape index (κ3) is 5.55. The number of benzene rings is 2. The molecule has 0 heterocycles. The predicted molar refractivity (Wildman–Crippen MR) is 122 cm³/mol. The first-order valence-electron chi connectivity index (χ1n) is 9.41. The summed E-state index contributed by atoms with van der Waals surface area (Å²) in [7, 11) is 1.49. The number of rotatable bonds is 9. The van der Waals surface area contributed by atoms with E-state index in [4.69, 9.17) is 4.74 Å². The molecule has 0 aliphatic rings. The Morgan fingerprint density at radius 2 is 1.78 bits per heavy atom. The fourth-order valence-corrected chi connectivity index (χ4v) is 3.44. The van der Waals surface area contributed by atoms with Crippen molar-refractivity contribution < 1.29 is 19.4 Å². The summed E-state index contributed by atoms with van der Waals surface area (Å²) in [5.74, 6) is 0.119. The van der Waals surface area contributed by atoms with Crippen molar-refractivity contribution in [1.82, 2.24) is 0 Å². The van der Waals surface area contributed by atoms with E-state index in [1.807, 2.05) is 18.7 Å². The molecule has 170 valence electrons. The highest BCUT2D eigenvalue weighted by molar-refractivity contribution is 9.10. The molecule has 0 bridgehead atoms. The van der Waals surface area contributed by atoms with Gasteiger partial charge in [0.2, 0.25) is 5.91 Å². The summed E-state index contributed by atoms with van der Waals surface area (Å²) >= 11 is 3.08. The number of hydrogen-bond acceptors (Lipinski definition) is 9. The Bertz CT molecular complexity index is 1090. The quantitative estimate of drug-likeness (QED) is 0.266. The van der Waals surface area contributed by atoms with E-state index < -0.39 is 21.2 Å². The standard InChI is InChI=1S/C19H21BrN6O6/c1-5-24(6-2)16-9-14(21-11(3)27)15(10-18(16)32-4)22-23-19-13(20)7-12(25(28)29)8-17(19)26(30)31/h7-10H,5-6H2,1-4H3,(H,21,27)/b23-22+. The number of anilines is 2. The van der Waals surface area contributed by atoms with Crippen LogP contribution in [0.5, 0.6) is 5.75 Å². The zero-order chi connectivity index (χ0) is 24.0. The predicted octanol–water partition coefficient (Wildman–Crippen LogP) is 5.49. The summed E-state index contributed by atoms with van der Waals surface area (Å²) in [6.45, 7) is 6.66. The zero-order valence-electron chi connectivity index (χ0n) is 17.8. The van der Waals surface area contributed by atoms with Gasteiger partial charge >= 0.3 is 5.69 Å². The maximum Gasteiger partial charge on any atom is 0.304 e. The average molecular weight is 509 g/mol. The molecule has 1 amide bonds. The molecular weight excluding hydrogens is 488 g/mol. The van der Waals surface area contributed by atoms with Crippen LogP contribution >= 0.6 is 15.9 Å². The fraction of sp³-hybridized carbons (Fsp3) is 0.316. The number of nitro groups is 2. The van der Waals surface area contributed by atoms with Crippen LogP contribution in [0.25, 0.3) is 0 Å². The summed E-state index contributed by atoms with van der Waals surface area (Å²) in [5.41, 5.74) is -0.0321. The number of carbonyl (C=O) groups is 1. The van der Waals surface area contributed by atoms with E-state index in [2.05, 4.69) is 31.5 Å². The molecule has 0 radical (unpaired) electrons. The SMILES string of the molecule is CCN(CC)c1cc(NC(C)=O)c(/N=N/c2c(Br)cc([N+](=O)[O-])cc2[N+](=O)[O-])cc1OC. The van der Waals surface area contributed by atoms with Crippen LogP contribution in [-0.4, -0.2) is 36.0 Å². The number of halogens is 1. The summed E-state index contributed by atoms with van der Waals surface area (Å²) in [6.07, 6.45) is 0. The summed E-state index contributed by atoms with van der Waals surface area (Å²) in [6, 6.07) is 5.13. The van der Waals surface area contributed by atoms with Gasteiger partial charge in [0, 0.05) is 32.1 Å². The number of nitrogens with zero attached hydrogens (tertiary/aromatic N) is 5. The molecule has 2 aromatic carbocycles. The van der Waals surface area contributed by atoms with E-state index >= 15 is 0 Å². The number of azo groups is 1. The Labute approximate surface area is 191 Å². The first-order valence-corrected chi connectivity index (χ1v) is 10.2. The minimum Gasteiger partial charge on any atom is -0.494 e. The second-order valence-electron chi connectivity index (χ2n) is 6.40. The maximum absolute atomic E-state index is 11.7. The zero-order valence-corrected chi connectivity index (χ0v) is 19.4. The lowest BCUT2D eigenvalue weighted by molar-refractivity contribution is -0.393. The first kappa shape index (κ1) is 24.7. The summed E-state index contributed by atoms with van der Waals surface area (Å²) < 4.78 is 5.49. The van der Waals surface area contributed by atoms with Gasteiger partial charge in [-0.2, -0.15) is 0 Å². The van der Waals surface area contributed by atoms with E-state index in [1.165, 1.54) is 14.0 Å². The number of non-ortho nitro benzene ring substituents is 1. The molecule has 2 rings (SSSR count). The second kappa shape index (κ2) is 10.6. The Hall–Kier alpha value is -3.61. The molecular formula is C19H21BrN6O6. The molecule has 0 aliphatic carbocycles. The molecule has 0 unspecified atom stereocenters. The molecule has 32 heavy (non-hydrogen) atoms. The van der Waals surface area contributed by atoms with Gasteiger partial charge < -0.3 is 15.0 Å². The van der Waals surface area contributed by atoms with Gasteiger partial charge in [-0.1, -0.05) is 0 Å². The van der Waals surface area contributed by atoms with Gasteiger partial charge in [-0.3, -0.25) is 25.0 Å². The Balaban J connectivity index is 2.66. The van der Waals surface area contributed by atoms with Crippen molar-refractivity contribution in [2.75, 3.05) is 30.4 Å². The van der Waals surface area contributed by atoms with Crippen LogP contribution in [0.1, 0.15) is 20.8 Å². The van der Waals surface area contributed by atoms with Gasteiger partial charge in [-0.15, -0.1) is 10.2 Å². The Kier molecular flexibility index (Phi) is 8.18. The molecule has 0 aromatic heterocycles. The highest BCUT2D eigenvalue weighted by atomic mass is 79.9. The lowest BCUT2D eigenvalue weighted by atomic mass is 10.2. The van der Waals surface area contributed by atoms with E-state index in [0.717, 1.165) is 17.8 Å². The summed E-state index contributed by atoms with van der Waals surface area (Å²) in [5, 5.41) is 33.2. The minimum atomic E-state index is -0.787. The molecule has 12 nitrogen and oxygen atoms in total. The van der Waals surface area contributed by atoms with Crippen molar-refractivity contribution >= 4 is 56.0 Å². The number of carbonyl (C=O) groups excluding carboxylic acids is 1. The van der Waals surface area contributed by atoms with Crippen molar-refractivity contribution in [3.8, 4) is 5.75 Å². The third-order valence-corrected chi connectivity index (χ3v) is 5.01. The van der Waals surface area contributed by atoms with Gasteiger partial charge in [-0.25, -0.2) is 0 Å². The molecule has 0 saturated heterocycles. The van der Waals surface area contributed by atoms with Crippen molar-refractivity contribution in [1.29, 1.82) is 0 Å². The van der Waals surface area contributed by atoms with Gasteiger partial charge in [0.15, 0.2) is 5.69 Å². The van der Waals surface area contributed by atoms with Crippen LogP contribution in [0.4, 0.5) is 34.1 Å². The molecule has 0 atom stereocenters. The van der Waals surface area contributed by atoms with Gasteiger partial charge in [0.25, 0.3) is 5.69 Å². The molecule has 13 heteroatoms. The molecule has 0 aliphatic heterocycles. The maximum atomic E-state index is 11.7. The lowest BCUT2D eigenvalue weighted by Gasteiger charge is -2.24. The van der Waals surface area contributed by atoms with Gasteiger partial charge in [0.05, 0.1) is 38.9 Å². The Morgan fingerprint density at radius 1 is 1.12 bits per heavy atom. The third-order valence-electron chi connectivity index (χ3n) is 4.41. The average Bonchev–Trinajstić information content (AvgIpc) is 2.73. The normalized spacial score (nSPS) is 10.8. The van der Waals surface area contributed by atoms with E-state index in [0.29, 0.717) is 24.5 Å². The molecule has 0 fully saturated rings. The molecule has 0 saturated carbocycles. The monoisotopic (exact) mass is 508 g/mol. The first-order chi connectivity index (χ1) is 15.1. The summed E-state index contributed by atoms with van der Waals surface area (Å²) in [4.78, 5) is 34.7. The number of ether oxygens (including phenoxy) is 1. The van der Waals surface area contributed by atoms with Gasteiger partial charge in [-0.05, 0) is 35.8 Å². The Morgan fingerprint density at radius 3 is 2.28 bits per heavy atom. The van der Waals surface area contributed by atoms with Crippen LogP contribution in [0.3, 0.4) is 0 Å². The van der Waals surface area contributed by atoms with E-state index in [9.17, 15) is 25.0 Å². The second-order valence-corrected chi connectivity index (χ2v) is 7.26. The van der Waals surface area contributed by atoms with E-state index in [1.54, 1.807) is 12.1 Å². The van der Waals surface area contributed by atoms with Crippen molar-refractivity contribution in [2.24, 2.45) is 10.2 Å². The van der Waals surface area contributed by atoms with Crippen LogP contribution in [0, 0.1) is 20.2 Å². The largest absolute Gasteiger partial charge is 0.494 e. The van der Waals surface area contributed by atoms with E-state index in [-0.39, 0.29) is 21.8 Å². The number of hydrogen-bond donors (Lipinski definition) is 1.